The Morgan fingerprint density at radius 1 is 0.300 bits per heavy atom. The Morgan fingerprint density at radius 2 is 0.857 bits per heavy atom. The molecule has 0 unspecified atom stereocenters. The molecule has 0 atom stereocenters. The van der Waals surface area contributed by atoms with E-state index in [-0.39, 0.29) is 0 Å². The third-order valence-electron chi connectivity index (χ3n) is 14.4. The summed E-state index contributed by atoms with van der Waals surface area (Å²) in [5.74, 6) is 0. The van der Waals surface area contributed by atoms with Crippen LogP contribution in [0.2, 0.25) is 0 Å². The predicted molar refractivity (Wildman–Crippen MR) is 300 cm³/mol. The lowest BCUT2D eigenvalue weighted by molar-refractivity contribution is 1.17. The zero-order valence-corrected chi connectivity index (χ0v) is 39.3. The van der Waals surface area contributed by atoms with Crippen LogP contribution >= 0.6 is 22.7 Å². The van der Waals surface area contributed by atoms with Crippen LogP contribution in [0.25, 0.3) is 114 Å². The van der Waals surface area contributed by atoms with Crippen LogP contribution < -0.4 is 4.90 Å². The van der Waals surface area contributed by atoms with Crippen LogP contribution in [0.1, 0.15) is 0 Å². The molecule has 0 aliphatic carbocycles. The highest BCUT2D eigenvalue weighted by Crippen LogP contribution is 2.47. The molecule has 4 nitrogen and oxygen atoms in total. The Balaban J connectivity index is 0.906. The highest BCUT2D eigenvalue weighted by atomic mass is 32.1. The van der Waals surface area contributed by atoms with Crippen molar-refractivity contribution in [2.45, 2.75) is 0 Å². The Hall–Kier alpha value is -8.68. The van der Waals surface area contributed by atoms with E-state index >= 15 is 0 Å². The van der Waals surface area contributed by atoms with E-state index in [0.717, 1.165) is 34.1 Å². The van der Waals surface area contributed by atoms with Gasteiger partial charge in [0.05, 0.1) is 33.1 Å². The second-order valence-corrected chi connectivity index (χ2v) is 20.0. The number of nitrogens with zero attached hydrogens (tertiary/aromatic N) is 4. The Kier molecular flexibility index (Phi) is 8.66. The zero-order chi connectivity index (χ0) is 45.9. The second-order valence-electron chi connectivity index (χ2n) is 18.1. The third-order valence-corrected chi connectivity index (χ3v) is 16.1. The molecule has 15 aromatic rings. The van der Waals surface area contributed by atoms with Crippen LogP contribution in [0, 0.1) is 0 Å². The van der Waals surface area contributed by atoms with Crippen LogP contribution in [-0.2, 0) is 0 Å². The van der Waals surface area contributed by atoms with Crippen molar-refractivity contribution >= 4 is 125 Å². The van der Waals surface area contributed by atoms with E-state index in [1.54, 1.807) is 11.3 Å². The maximum atomic E-state index is 2.51. The summed E-state index contributed by atoms with van der Waals surface area (Å²) < 4.78 is 9.91. The van der Waals surface area contributed by atoms with Gasteiger partial charge in [0.15, 0.2) is 0 Å². The van der Waals surface area contributed by atoms with Gasteiger partial charge < -0.3 is 18.6 Å². The number of benzene rings is 10. The number of rotatable bonds is 7. The summed E-state index contributed by atoms with van der Waals surface area (Å²) in [5, 5.41) is 14.5. The molecular weight excluding hydrogens is 889 g/mol. The van der Waals surface area contributed by atoms with Gasteiger partial charge in [-0.3, -0.25) is 0 Å². The van der Waals surface area contributed by atoms with Gasteiger partial charge in [0.25, 0.3) is 0 Å². The molecule has 0 N–H and O–H groups in total. The van der Waals surface area contributed by atoms with Gasteiger partial charge in [0.1, 0.15) is 0 Å². The highest BCUT2D eigenvalue weighted by molar-refractivity contribution is 7.17. The van der Waals surface area contributed by atoms with Crippen molar-refractivity contribution in [2.75, 3.05) is 4.90 Å². The fourth-order valence-corrected chi connectivity index (χ4v) is 13.0. The summed E-state index contributed by atoms with van der Waals surface area (Å²) in [6.07, 6.45) is 0. The molecule has 0 aliphatic rings. The first-order valence-corrected chi connectivity index (χ1v) is 25.5. The number of hydrogen-bond donors (Lipinski definition) is 0. The van der Waals surface area contributed by atoms with Crippen LogP contribution in [0.15, 0.2) is 241 Å². The Morgan fingerprint density at radius 3 is 1.63 bits per heavy atom. The molecule has 328 valence electrons. The summed E-state index contributed by atoms with van der Waals surface area (Å²) in [7, 11) is 0. The van der Waals surface area contributed by atoms with E-state index < -0.39 is 0 Å². The molecule has 5 aromatic heterocycles. The minimum Gasteiger partial charge on any atom is -0.310 e. The molecule has 0 radical (unpaired) electrons. The zero-order valence-electron chi connectivity index (χ0n) is 37.7. The monoisotopic (exact) mass is 928 g/mol. The number of para-hydroxylation sites is 5. The van der Waals surface area contributed by atoms with Crippen molar-refractivity contribution in [2.24, 2.45) is 0 Å². The van der Waals surface area contributed by atoms with Crippen molar-refractivity contribution in [1.29, 1.82) is 0 Å². The van der Waals surface area contributed by atoms with Gasteiger partial charge in [-0.2, -0.15) is 0 Å². The van der Waals surface area contributed by atoms with Crippen LogP contribution in [0.4, 0.5) is 17.1 Å². The number of anilines is 3. The molecule has 15 rings (SSSR count). The molecule has 0 saturated carbocycles. The largest absolute Gasteiger partial charge is 0.310 e. The smallest absolute Gasteiger partial charge is 0.0634 e. The van der Waals surface area contributed by atoms with Crippen LogP contribution in [0.3, 0.4) is 0 Å². The van der Waals surface area contributed by atoms with Crippen molar-refractivity contribution in [3.63, 3.8) is 0 Å². The van der Waals surface area contributed by atoms with Gasteiger partial charge >= 0.3 is 0 Å². The van der Waals surface area contributed by atoms with Crippen molar-refractivity contribution in [3.8, 4) is 28.2 Å². The van der Waals surface area contributed by atoms with Gasteiger partial charge in [-0.25, -0.2) is 0 Å². The van der Waals surface area contributed by atoms with E-state index in [9.17, 15) is 0 Å². The van der Waals surface area contributed by atoms with E-state index in [0.29, 0.717) is 0 Å². The van der Waals surface area contributed by atoms with Gasteiger partial charge in [-0.1, -0.05) is 109 Å². The second kappa shape index (κ2) is 15.4. The molecular formula is C64H40N4S2. The molecule has 0 amide bonds. The summed E-state index contributed by atoms with van der Waals surface area (Å²) in [5.41, 5.74) is 16.4. The molecule has 0 fully saturated rings. The fraction of sp³-hybridized carbons (Fsp3) is 0. The van der Waals surface area contributed by atoms with Crippen LogP contribution in [0.5, 0.6) is 0 Å². The quantitative estimate of drug-likeness (QED) is 0.156. The average molecular weight is 929 g/mol. The van der Waals surface area contributed by atoms with Crippen molar-refractivity contribution in [3.05, 3.63) is 241 Å². The first-order valence-electron chi connectivity index (χ1n) is 23.7. The lowest BCUT2D eigenvalue weighted by Crippen LogP contribution is -2.10. The molecule has 5 heterocycles. The number of hydrogen-bond acceptors (Lipinski definition) is 3. The van der Waals surface area contributed by atoms with E-state index in [4.69, 9.17) is 0 Å². The van der Waals surface area contributed by atoms with Gasteiger partial charge in [0.2, 0.25) is 0 Å². The van der Waals surface area contributed by atoms with Gasteiger partial charge in [-0.15, -0.1) is 22.7 Å². The van der Waals surface area contributed by atoms with Crippen molar-refractivity contribution < 1.29 is 0 Å². The first-order chi connectivity index (χ1) is 34.7. The van der Waals surface area contributed by atoms with Gasteiger partial charge in [0, 0.05) is 86.6 Å². The third kappa shape index (κ3) is 5.81. The minimum absolute atomic E-state index is 1.09. The molecule has 6 heteroatoms. The Labute approximate surface area is 411 Å². The topological polar surface area (TPSA) is 18.0 Å². The molecule has 10 aromatic carbocycles. The summed E-state index contributed by atoms with van der Waals surface area (Å²) in [6, 6.07) is 84.8. The number of thiophene rings is 2. The maximum Gasteiger partial charge on any atom is 0.0634 e. The van der Waals surface area contributed by atoms with E-state index in [1.807, 2.05) is 11.3 Å². The summed E-state index contributed by atoms with van der Waals surface area (Å²) in [4.78, 5) is 2.39. The normalized spacial score (nSPS) is 12.0. The minimum atomic E-state index is 1.09. The average Bonchev–Trinajstić information content (AvgIpc) is 4.27. The standard InChI is InChI=1S/C64H40N4S2/c1-3-15-42(16-4-1)65(44-26-28-45(29-27-44)67-57-24-11-7-20-48(57)50-31-33-60-52(63(50)67)34-36-69-60)46-19-13-14-41(38-46)54-40-61-53(35-37-70-61)64-62(54)51-22-9-12-25-58(51)68(64)47-30-32-59-55(39-47)49-21-8-10-23-56(49)66(59)43-17-5-2-6-18-43/h1-40H. The molecule has 0 aliphatic heterocycles. The van der Waals surface area contributed by atoms with E-state index in [2.05, 4.69) is 260 Å². The summed E-state index contributed by atoms with van der Waals surface area (Å²) >= 11 is 3.61. The molecule has 0 saturated heterocycles. The fourth-order valence-electron chi connectivity index (χ4n) is 11.4. The number of fused-ring (bicyclic) bond motifs is 13. The highest BCUT2D eigenvalue weighted by Gasteiger charge is 2.23. The SMILES string of the molecule is c1ccc(N(c2ccc(-n3c4ccccc4c4ccc5sccc5c43)cc2)c2cccc(-c3cc4sccc4c4c3c3ccccc3n4-c3ccc4c(c3)c3ccccc3n4-c3ccccc3)c2)cc1. The van der Waals surface area contributed by atoms with Gasteiger partial charge in [-0.05, 0) is 143 Å². The maximum absolute atomic E-state index is 2.51. The molecule has 70 heavy (non-hydrogen) atoms. The lowest BCUT2D eigenvalue weighted by atomic mass is 9.97. The number of aromatic nitrogens is 3. The van der Waals surface area contributed by atoms with Crippen molar-refractivity contribution in [1.82, 2.24) is 13.7 Å². The first kappa shape index (κ1) is 39.3. The Bertz CT molecular complexity index is 4530. The molecule has 0 spiro atoms. The summed E-state index contributed by atoms with van der Waals surface area (Å²) in [6.45, 7) is 0. The molecule has 0 bridgehead atoms. The van der Waals surface area contributed by atoms with E-state index in [1.165, 1.54) is 96.7 Å². The predicted octanol–water partition coefficient (Wildman–Crippen LogP) is 18.5. The lowest BCUT2D eigenvalue weighted by Gasteiger charge is -2.26. The van der Waals surface area contributed by atoms with Crippen LogP contribution in [-0.4, -0.2) is 13.7 Å².